The van der Waals surface area contributed by atoms with Crippen LogP contribution in [0.2, 0.25) is 0 Å². The predicted octanol–water partition coefficient (Wildman–Crippen LogP) is 3.29. The molecule has 11 heteroatoms. The Morgan fingerprint density at radius 3 is 2.60 bits per heavy atom. The van der Waals surface area contributed by atoms with Crippen LogP contribution in [0.25, 0.3) is 11.0 Å². The van der Waals surface area contributed by atoms with Crippen LogP contribution < -0.4 is 5.32 Å². The summed E-state index contributed by atoms with van der Waals surface area (Å²) < 4.78 is 7.32. The van der Waals surface area contributed by atoms with E-state index in [1.165, 1.54) is 18.2 Å². The van der Waals surface area contributed by atoms with Crippen LogP contribution in [0, 0.1) is 10.1 Å². The number of nitrogens with zero attached hydrogens (tertiary/aromatic N) is 4. The van der Waals surface area contributed by atoms with Gasteiger partial charge in [-0.1, -0.05) is 29.5 Å². The summed E-state index contributed by atoms with van der Waals surface area (Å²) in [6.45, 7) is 5.15. The van der Waals surface area contributed by atoms with Gasteiger partial charge in [-0.2, -0.15) is 0 Å². The molecule has 2 heterocycles. The summed E-state index contributed by atoms with van der Waals surface area (Å²) in [4.78, 5) is 36.3. The molecular formula is C24H23N5O6. The highest BCUT2D eigenvalue weighted by atomic mass is 16.6. The molecule has 2 atom stereocenters. The average molecular weight is 477 g/mol. The van der Waals surface area contributed by atoms with E-state index in [9.17, 15) is 24.8 Å². The van der Waals surface area contributed by atoms with Gasteiger partial charge in [0.1, 0.15) is 11.6 Å². The van der Waals surface area contributed by atoms with E-state index in [-0.39, 0.29) is 23.4 Å². The molecule has 1 aliphatic rings. The number of dihydropyridines is 1. The van der Waals surface area contributed by atoms with Gasteiger partial charge in [-0.3, -0.25) is 10.1 Å². The minimum absolute atomic E-state index is 0.0730. The van der Waals surface area contributed by atoms with Crippen LogP contribution in [0.4, 0.5) is 5.69 Å². The quantitative estimate of drug-likeness (QED) is 0.297. The van der Waals surface area contributed by atoms with E-state index in [2.05, 4.69) is 15.6 Å². The van der Waals surface area contributed by atoms with E-state index in [0.29, 0.717) is 22.5 Å². The van der Waals surface area contributed by atoms with Gasteiger partial charge < -0.3 is 15.2 Å². The fraction of sp³-hybridized carbons (Fsp3) is 0.250. The number of nitro groups is 1. The number of aliphatic carboxylic acids is 1. The normalized spacial score (nSPS) is 16.7. The van der Waals surface area contributed by atoms with Crippen molar-refractivity contribution in [1.82, 2.24) is 20.3 Å². The number of para-hydroxylation sites is 1. The number of non-ortho nitro benzene ring substituents is 1. The van der Waals surface area contributed by atoms with E-state index in [4.69, 9.17) is 4.74 Å². The molecule has 35 heavy (non-hydrogen) atoms. The Morgan fingerprint density at radius 1 is 1.17 bits per heavy atom. The van der Waals surface area contributed by atoms with Gasteiger partial charge in [0.25, 0.3) is 5.69 Å². The van der Waals surface area contributed by atoms with Crippen LogP contribution in [-0.2, 0) is 20.9 Å². The number of nitro benzene ring substituents is 1. The summed E-state index contributed by atoms with van der Waals surface area (Å²) in [6, 6.07) is 13.0. The molecule has 11 nitrogen and oxygen atoms in total. The van der Waals surface area contributed by atoms with Crippen molar-refractivity contribution in [2.24, 2.45) is 0 Å². The van der Waals surface area contributed by atoms with Crippen molar-refractivity contribution in [1.29, 1.82) is 0 Å². The van der Waals surface area contributed by atoms with E-state index in [0.717, 1.165) is 5.52 Å². The zero-order chi connectivity index (χ0) is 25.3. The third-order valence-electron chi connectivity index (χ3n) is 5.78. The van der Waals surface area contributed by atoms with Gasteiger partial charge in [-0.15, -0.1) is 5.10 Å². The highest BCUT2D eigenvalue weighted by Crippen LogP contribution is 2.39. The molecular weight excluding hydrogens is 454 g/mol. The van der Waals surface area contributed by atoms with Gasteiger partial charge in [-0.25, -0.2) is 14.3 Å². The van der Waals surface area contributed by atoms with E-state index < -0.39 is 28.9 Å². The Labute approximate surface area is 199 Å². The number of carboxylic acids is 1. The molecule has 4 rings (SSSR count). The van der Waals surface area contributed by atoms with Crippen LogP contribution in [0.1, 0.15) is 32.3 Å². The molecule has 3 aromatic rings. The van der Waals surface area contributed by atoms with Crippen LogP contribution >= 0.6 is 0 Å². The minimum Gasteiger partial charge on any atom is -0.478 e. The van der Waals surface area contributed by atoms with Crippen LogP contribution in [0.3, 0.4) is 0 Å². The summed E-state index contributed by atoms with van der Waals surface area (Å²) >= 11 is 0. The number of nitrogens with one attached hydrogen (secondary N) is 1. The second-order valence-electron chi connectivity index (χ2n) is 8.27. The zero-order valence-corrected chi connectivity index (χ0v) is 19.3. The number of fused-ring (bicyclic) bond motifs is 1. The summed E-state index contributed by atoms with van der Waals surface area (Å²) in [5, 5.41) is 32.4. The summed E-state index contributed by atoms with van der Waals surface area (Å²) in [6.07, 6.45) is -0.626. The first-order chi connectivity index (χ1) is 16.7. The van der Waals surface area contributed by atoms with Crippen molar-refractivity contribution < 1.29 is 24.4 Å². The van der Waals surface area contributed by atoms with Gasteiger partial charge in [0.2, 0.25) is 0 Å². The molecule has 0 bridgehead atoms. The molecule has 0 saturated carbocycles. The molecule has 2 aromatic carbocycles. The van der Waals surface area contributed by atoms with Gasteiger partial charge in [0, 0.05) is 23.5 Å². The Kier molecular flexibility index (Phi) is 6.32. The average Bonchev–Trinajstić information content (AvgIpc) is 3.20. The van der Waals surface area contributed by atoms with Crippen LogP contribution in [0.5, 0.6) is 0 Å². The van der Waals surface area contributed by atoms with E-state index in [1.54, 1.807) is 31.5 Å². The first-order valence-electron chi connectivity index (χ1n) is 10.8. The van der Waals surface area contributed by atoms with E-state index >= 15 is 0 Å². The number of esters is 1. The lowest BCUT2D eigenvalue weighted by molar-refractivity contribution is -0.384. The molecule has 180 valence electrons. The fourth-order valence-corrected chi connectivity index (χ4v) is 4.28. The fourth-order valence-electron chi connectivity index (χ4n) is 4.28. The third-order valence-corrected chi connectivity index (χ3v) is 5.78. The number of benzene rings is 2. The minimum atomic E-state index is -1.24. The third kappa shape index (κ3) is 4.60. The Balaban J connectivity index is 1.66. The number of aromatic nitrogens is 3. The van der Waals surface area contributed by atoms with Crippen molar-refractivity contribution in [3.05, 3.63) is 86.7 Å². The second-order valence-corrected chi connectivity index (χ2v) is 8.27. The molecule has 0 amide bonds. The first kappa shape index (κ1) is 23.6. The van der Waals surface area contributed by atoms with E-state index in [1.807, 2.05) is 24.3 Å². The molecule has 0 saturated heterocycles. The lowest BCUT2D eigenvalue weighted by Gasteiger charge is -2.30. The van der Waals surface area contributed by atoms with Crippen molar-refractivity contribution in [2.75, 3.05) is 0 Å². The summed E-state index contributed by atoms with van der Waals surface area (Å²) in [7, 11) is 0. The molecule has 0 aliphatic carbocycles. The Bertz CT molecular complexity index is 1410. The van der Waals surface area contributed by atoms with Crippen molar-refractivity contribution in [2.45, 2.75) is 39.3 Å². The Morgan fingerprint density at radius 2 is 1.89 bits per heavy atom. The van der Waals surface area contributed by atoms with Crippen LogP contribution in [-0.4, -0.2) is 43.1 Å². The van der Waals surface area contributed by atoms with Crippen molar-refractivity contribution in [3.8, 4) is 0 Å². The number of rotatable bonds is 7. The second kappa shape index (κ2) is 9.37. The molecule has 0 fully saturated rings. The van der Waals surface area contributed by atoms with Crippen molar-refractivity contribution in [3.63, 3.8) is 0 Å². The molecule has 2 unspecified atom stereocenters. The largest absolute Gasteiger partial charge is 0.478 e. The molecule has 2 N–H and O–H groups in total. The Hall–Kier alpha value is -4.54. The van der Waals surface area contributed by atoms with Crippen LogP contribution in [0.15, 0.2) is 71.1 Å². The maximum absolute atomic E-state index is 13.4. The SMILES string of the molecule is CC1=C(C(=O)O)C(c2cccc([N+](=O)[O-])c2)C(C(=O)OC(C)Cn2nnc3ccccc32)=C(C)N1. The smallest absolute Gasteiger partial charge is 0.337 e. The predicted molar refractivity (Wildman–Crippen MR) is 125 cm³/mol. The molecule has 1 aliphatic heterocycles. The number of carbonyl (C=O) groups is 2. The number of allylic oxidation sites excluding steroid dienone is 2. The molecule has 0 spiro atoms. The monoisotopic (exact) mass is 477 g/mol. The highest BCUT2D eigenvalue weighted by molar-refractivity contribution is 5.99. The summed E-state index contributed by atoms with van der Waals surface area (Å²) in [5.74, 6) is -3.03. The lowest BCUT2D eigenvalue weighted by atomic mass is 9.80. The number of hydrogen-bond donors (Lipinski definition) is 2. The number of carbonyl (C=O) groups excluding carboxylic acids is 1. The maximum atomic E-state index is 13.4. The molecule has 1 aromatic heterocycles. The van der Waals surface area contributed by atoms with Gasteiger partial charge in [0.15, 0.2) is 0 Å². The maximum Gasteiger partial charge on any atom is 0.337 e. The molecule has 0 radical (unpaired) electrons. The first-order valence-corrected chi connectivity index (χ1v) is 10.8. The van der Waals surface area contributed by atoms with Gasteiger partial charge >= 0.3 is 11.9 Å². The van der Waals surface area contributed by atoms with Crippen molar-refractivity contribution >= 4 is 28.7 Å². The van der Waals surface area contributed by atoms with Gasteiger partial charge in [-0.05, 0) is 38.5 Å². The number of ether oxygens (including phenoxy) is 1. The topological polar surface area (TPSA) is 149 Å². The standard InChI is InChI=1S/C24H23N5O6/c1-13(12-28-19-10-5-4-9-18(19)26-27-28)35-24(32)21-15(3)25-14(2)20(23(30)31)22(21)16-7-6-8-17(11-16)29(33)34/h4-11,13,22,25H,12H2,1-3H3,(H,30,31). The number of carboxylic acid groups (broad SMARTS) is 1. The number of hydrogen-bond acceptors (Lipinski definition) is 8. The lowest BCUT2D eigenvalue weighted by Crippen LogP contribution is -2.33. The van der Waals surface area contributed by atoms with Gasteiger partial charge in [0.05, 0.1) is 34.0 Å². The zero-order valence-electron chi connectivity index (χ0n) is 19.3. The highest BCUT2D eigenvalue weighted by Gasteiger charge is 2.38. The summed E-state index contributed by atoms with van der Waals surface area (Å²) in [5.41, 5.74) is 2.32.